The lowest BCUT2D eigenvalue weighted by Crippen LogP contribution is -2.03. The third-order valence-electron chi connectivity index (χ3n) is 4.46. The molecule has 1 aliphatic heterocycles. The molecule has 7 heteroatoms. The highest BCUT2D eigenvalue weighted by molar-refractivity contribution is 6.30. The van der Waals surface area contributed by atoms with Gasteiger partial charge in [0.15, 0.2) is 0 Å². The van der Waals surface area contributed by atoms with E-state index in [4.69, 9.17) is 11.6 Å². The third kappa shape index (κ3) is 2.69. The first-order valence-corrected chi connectivity index (χ1v) is 8.76. The van der Waals surface area contributed by atoms with Gasteiger partial charge >= 0.3 is 0 Å². The molecule has 0 unspecified atom stereocenters. The number of hydrogen-bond acceptors (Lipinski definition) is 4. The summed E-state index contributed by atoms with van der Waals surface area (Å²) < 4.78 is 3.86. The van der Waals surface area contributed by atoms with Crippen LogP contribution in [0, 0.1) is 18.8 Å². The first-order chi connectivity index (χ1) is 13.2. The summed E-state index contributed by atoms with van der Waals surface area (Å²) in [6.45, 7) is 2.00. The Kier molecular flexibility index (Phi) is 3.56. The van der Waals surface area contributed by atoms with Gasteiger partial charge in [0.2, 0.25) is 0 Å². The summed E-state index contributed by atoms with van der Waals surface area (Å²) in [5, 5.41) is 8.93. The molecule has 0 amide bonds. The summed E-state index contributed by atoms with van der Waals surface area (Å²) in [4.78, 5) is 8.73. The van der Waals surface area contributed by atoms with Crippen LogP contribution in [0.25, 0.3) is 11.4 Å². The summed E-state index contributed by atoms with van der Waals surface area (Å²) in [5.41, 5.74) is 6.43. The largest absolute Gasteiger partial charge is 0.299 e. The van der Waals surface area contributed by atoms with E-state index in [2.05, 4.69) is 32.1 Å². The fourth-order valence-corrected chi connectivity index (χ4v) is 3.40. The number of benzene rings is 1. The van der Waals surface area contributed by atoms with Crippen molar-refractivity contribution in [3.63, 3.8) is 0 Å². The molecule has 0 atom stereocenters. The molecule has 6 nitrogen and oxygen atoms in total. The molecule has 0 N–H and O–H groups in total. The van der Waals surface area contributed by atoms with E-state index in [-0.39, 0.29) is 0 Å². The van der Waals surface area contributed by atoms with Crippen molar-refractivity contribution < 1.29 is 0 Å². The Hall–Kier alpha value is -3.43. The molecule has 0 bridgehead atoms. The number of hydrogen-bond donors (Lipinski definition) is 0. The van der Waals surface area contributed by atoms with Gasteiger partial charge in [-0.3, -0.25) is 9.55 Å². The fourth-order valence-electron chi connectivity index (χ4n) is 3.23. The number of nitrogens with zero attached hydrogens (tertiary/aromatic N) is 6. The number of aryl methyl sites for hydroxylation is 1. The average Bonchev–Trinajstić information content (AvgIpc) is 3.25. The molecule has 0 radical (unpaired) electrons. The van der Waals surface area contributed by atoms with Crippen LogP contribution < -0.4 is 0 Å². The quantitative estimate of drug-likeness (QED) is 0.392. The number of pyridine rings is 1. The Bertz CT molecular complexity index is 1240. The summed E-state index contributed by atoms with van der Waals surface area (Å²) in [6, 6.07) is 7.70. The van der Waals surface area contributed by atoms with Crippen LogP contribution in [0.5, 0.6) is 0 Å². The highest BCUT2D eigenvalue weighted by Crippen LogP contribution is 2.30. The van der Waals surface area contributed by atoms with Crippen molar-refractivity contribution in [3.05, 3.63) is 82.4 Å². The van der Waals surface area contributed by atoms with Crippen molar-refractivity contribution in [1.29, 1.82) is 0 Å². The zero-order valence-electron chi connectivity index (χ0n) is 14.4. The molecule has 130 valence electrons. The predicted molar refractivity (Wildman–Crippen MR) is 101 cm³/mol. The van der Waals surface area contributed by atoms with E-state index in [1.165, 1.54) is 0 Å². The molecule has 27 heavy (non-hydrogen) atoms. The van der Waals surface area contributed by atoms with E-state index in [1.807, 2.05) is 46.6 Å². The second-order valence-corrected chi connectivity index (χ2v) is 6.79. The van der Waals surface area contributed by atoms with Crippen molar-refractivity contribution in [2.24, 2.45) is 0 Å². The van der Waals surface area contributed by atoms with E-state index < -0.39 is 0 Å². The monoisotopic (exact) mass is 372 g/mol. The summed E-state index contributed by atoms with van der Waals surface area (Å²) in [6.07, 6.45) is 7.74. The van der Waals surface area contributed by atoms with Crippen LogP contribution >= 0.6 is 11.6 Å². The number of halogens is 1. The molecule has 0 saturated heterocycles. The molecule has 0 spiro atoms. The van der Waals surface area contributed by atoms with E-state index in [9.17, 15) is 0 Å². The Morgan fingerprint density at radius 3 is 2.89 bits per heavy atom. The van der Waals surface area contributed by atoms with Crippen LogP contribution in [-0.2, 0) is 6.42 Å². The standard InChI is InChI=1S/C20H13ClN6/c1-13-6-14(10-22-9-13)2-4-17-19-8-16-11-24-25-27(16)20-7-15(21)3-5-18(20)26(19)12-23-17/h3,5-7,9-12H,8H2,1H3. The highest BCUT2D eigenvalue weighted by Gasteiger charge is 2.22. The molecule has 0 aliphatic carbocycles. The summed E-state index contributed by atoms with van der Waals surface area (Å²) in [7, 11) is 0. The smallest absolute Gasteiger partial charge is 0.135 e. The SMILES string of the molecule is Cc1cncc(C#Cc2ncn3c2Cc2cnnn2-c2cc(Cl)ccc2-3)c1. The van der Waals surface area contributed by atoms with Crippen LogP contribution in [0.15, 0.2) is 49.2 Å². The minimum atomic E-state index is 0.620. The topological polar surface area (TPSA) is 61.4 Å². The Balaban J connectivity index is 1.67. The lowest BCUT2D eigenvalue weighted by molar-refractivity contribution is 0.778. The van der Waals surface area contributed by atoms with Gasteiger partial charge in [0.1, 0.15) is 12.0 Å². The summed E-state index contributed by atoms with van der Waals surface area (Å²) >= 11 is 6.21. The number of aromatic nitrogens is 6. The van der Waals surface area contributed by atoms with Crippen molar-refractivity contribution >= 4 is 11.6 Å². The molecule has 3 aromatic heterocycles. The zero-order chi connectivity index (χ0) is 18.4. The summed E-state index contributed by atoms with van der Waals surface area (Å²) in [5.74, 6) is 6.35. The van der Waals surface area contributed by atoms with Crippen molar-refractivity contribution in [2.45, 2.75) is 13.3 Å². The van der Waals surface area contributed by atoms with Crippen molar-refractivity contribution in [2.75, 3.05) is 0 Å². The van der Waals surface area contributed by atoms with Crippen LogP contribution in [0.1, 0.15) is 28.2 Å². The van der Waals surface area contributed by atoms with Crippen LogP contribution in [0.3, 0.4) is 0 Å². The predicted octanol–water partition coefficient (Wildman–Crippen LogP) is 3.11. The first kappa shape index (κ1) is 15.8. The number of fused-ring (bicyclic) bond motifs is 5. The van der Waals surface area contributed by atoms with Crippen molar-refractivity contribution in [3.8, 4) is 23.2 Å². The second-order valence-electron chi connectivity index (χ2n) is 6.36. The maximum absolute atomic E-state index is 6.21. The van der Waals surface area contributed by atoms with Gasteiger partial charge in [-0.2, -0.15) is 0 Å². The van der Waals surface area contributed by atoms with Gasteiger partial charge in [0.05, 0.1) is 29.0 Å². The van der Waals surface area contributed by atoms with Gasteiger partial charge in [-0.25, -0.2) is 9.67 Å². The van der Waals surface area contributed by atoms with Crippen molar-refractivity contribution in [1.82, 2.24) is 29.5 Å². The lowest BCUT2D eigenvalue weighted by atomic mass is 10.2. The Morgan fingerprint density at radius 2 is 2.00 bits per heavy atom. The normalized spacial score (nSPS) is 11.6. The molecule has 5 rings (SSSR count). The molecule has 0 saturated carbocycles. The van der Waals surface area contributed by atoms with E-state index in [0.29, 0.717) is 11.4 Å². The van der Waals surface area contributed by atoms with Gasteiger partial charge in [-0.1, -0.05) is 22.7 Å². The average molecular weight is 373 g/mol. The minimum Gasteiger partial charge on any atom is -0.299 e. The van der Waals surface area contributed by atoms with E-state index >= 15 is 0 Å². The maximum atomic E-state index is 6.21. The van der Waals surface area contributed by atoms with Gasteiger partial charge in [0.25, 0.3) is 0 Å². The van der Waals surface area contributed by atoms with Crippen LogP contribution in [0.4, 0.5) is 0 Å². The van der Waals surface area contributed by atoms with Gasteiger partial charge < -0.3 is 0 Å². The van der Waals surface area contributed by atoms with E-state index in [0.717, 1.165) is 39.6 Å². The molecule has 0 fully saturated rings. The van der Waals surface area contributed by atoms with Crippen LogP contribution in [-0.4, -0.2) is 29.5 Å². The molecule has 4 aromatic rings. The van der Waals surface area contributed by atoms with Gasteiger partial charge in [-0.05, 0) is 42.7 Å². The zero-order valence-corrected chi connectivity index (χ0v) is 15.1. The maximum Gasteiger partial charge on any atom is 0.135 e. The highest BCUT2D eigenvalue weighted by atomic mass is 35.5. The fraction of sp³-hybridized carbons (Fsp3) is 0.100. The number of imidazole rings is 1. The number of rotatable bonds is 0. The Morgan fingerprint density at radius 1 is 1.07 bits per heavy atom. The van der Waals surface area contributed by atoms with Gasteiger partial charge in [0, 0.05) is 29.4 Å². The molecular formula is C20H13ClN6. The van der Waals surface area contributed by atoms with Gasteiger partial charge in [-0.15, -0.1) is 5.10 Å². The van der Waals surface area contributed by atoms with E-state index in [1.54, 1.807) is 18.7 Å². The van der Waals surface area contributed by atoms with Crippen LogP contribution in [0.2, 0.25) is 5.02 Å². The third-order valence-corrected chi connectivity index (χ3v) is 4.70. The minimum absolute atomic E-state index is 0.620. The first-order valence-electron chi connectivity index (χ1n) is 8.39. The molecular weight excluding hydrogens is 360 g/mol. The Labute approximate surface area is 160 Å². The molecule has 1 aromatic carbocycles. The lowest BCUT2D eigenvalue weighted by Gasteiger charge is -2.09. The molecule has 1 aliphatic rings. The second kappa shape index (κ2) is 6.08. The molecule has 4 heterocycles.